The molecule has 0 amide bonds. The van der Waals surface area contributed by atoms with E-state index in [4.69, 9.17) is 4.18 Å². The predicted molar refractivity (Wildman–Crippen MR) is 108 cm³/mol. The Kier molecular flexibility index (Phi) is 5.86. The minimum Gasteiger partial charge on any atom is -0.361 e. The lowest BCUT2D eigenvalue weighted by Gasteiger charge is -2.20. The van der Waals surface area contributed by atoms with Crippen molar-refractivity contribution in [1.29, 1.82) is 0 Å². The molecule has 1 aliphatic heterocycles. The molecular weight excluding hydrogens is 416 g/mol. The van der Waals surface area contributed by atoms with E-state index >= 15 is 0 Å². The van der Waals surface area contributed by atoms with E-state index in [0.717, 1.165) is 0 Å². The van der Waals surface area contributed by atoms with Gasteiger partial charge in [0.25, 0.3) is 0 Å². The van der Waals surface area contributed by atoms with Gasteiger partial charge in [0, 0.05) is 12.1 Å². The molecule has 0 N–H and O–H groups in total. The van der Waals surface area contributed by atoms with Gasteiger partial charge in [-0.2, -0.15) is 13.5 Å². The van der Waals surface area contributed by atoms with Gasteiger partial charge in [-0.25, -0.2) is 13.1 Å². The third kappa shape index (κ3) is 4.09. The van der Waals surface area contributed by atoms with Gasteiger partial charge in [-0.05, 0) is 56.4 Å². The monoisotopic (exact) mass is 440 g/mol. The fraction of sp³-hybridized carbons (Fsp3) is 0.474. The highest BCUT2D eigenvalue weighted by atomic mass is 32.2. The van der Waals surface area contributed by atoms with Crippen LogP contribution >= 0.6 is 0 Å². The Morgan fingerprint density at radius 2 is 1.97 bits per heavy atom. The molecule has 0 spiro atoms. The van der Waals surface area contributed by atoms with E-state index in [0.29, 0.717) is 42.5 Å². The molecule has 1 aromatic carbocycles. The summed E-state index contributed by atoms with van der Waals surface area (Å²) in [6, 6.07) is 2.94. The summed E-state index contributed by atoms with van der Waals surface area (Å²) in [5.74, 6) is -0.639. The van der Waals surface area contributed by atoms with E-state index < -0.39 is 25.7 Å². The highest BCUT2D eigenvalue weighted by molar-refractivity contribution is 7.91. The van der Waals surface area contributed by atoms with Crippen molar-refractivity contribution in [1.82, 2.24) is 9.78 Å². The molecule has 0 atom stereocenters. The SMILES string of the molecule is CCCS(=O)(=O)Oc1c(C(=O)c2ccc3c(c2C)CCCS3(=O)=O)cnn1CC. The maximum atomic E-state index is 13.2. The fourth-order valence-electron chi connectivity index (χ4n) is 3.53. The maximum absolute atomic E-state index is 13.2. The molecule has 0 bridgehead atoms. The highest BCUT2D eigenvalue weighted by Crippen LogP contribution is 2.32. The largest absolute Gasteiger partial charge is 0.361 e. The Labute approximate surface area is 170 Å². The van der Waals surface area contributed by atoms with Crippen molar-refractivity contribution in [2.75, 3.05) is 11.5 Å². The zero-order valence-electron chi connectivity index (χ0n) is 16.6. The number of benzene rings is 1. The standard InChI is InChI=1S/C19H24N2O6S2/c1-4-10-29(25,26)27-19-16(12-20-21(19)5-2)18(22)15-8-9-17-14(13(15)3)7-6-11-28(17,23)24/h8-9,12H,4-7,10-11H2,1-3H3. The van der Waals surface area contributed by atoms with Gasteiger partial charge in [-0.1, -0.05) is 6.92 Å². The number of hydrogen-bond acceptors (Lipinski definition) is 7. The van der Waals surface area contributed by atoms with Gasteiger partial charge in [-0.3, -0.25) is 4.79 Å². The number of carbonyl (C=O) groups excluding carboxylic acids is 1. The van der Waals surface area contributed by atoms with E-state index in [1.807, 2.05) is 0 Å². The summed E-state index contributed by atoms with van der Waals surface area (Å²) in [6.07, 6.45) is 2.75. The molecule has 0 unspecified atom stereocenters. The van der Waals surface area contributed by atoms with Crippen LogP contribution in [0.2, 0.25) is 0 Å². The van der Waals surface area contributed by atoms with Crippen LogP contribution in [0, 0.1) is 6.92 Å². The first-order chi connectivity index (χ1) is 13.6. The number of hydrogen-bond donors (Lipinski definition) is 0. The van der Waals surface area contributed by atoms with E-state index in [1.54, 1.807) is 20.8 Å². The topological polar surface area (TPSA) is 112 Å². The van der Waals surface area contributed by atoms with Gasteiger partial charge < -0.3 is 4.18 Å². The van der Waals surface area contributed by atoms with Crippen LogP contribution in [0.15, 0.2) is 23.2 Å². The van der Waals surface area contributed by atoms with Crippen molar-refractivity contribution in [3.63, 3.8) is 0 Å². The van der Waals surface area contributed by atoms with Crippen molar-refractivity contribution in [2.45, 2.75) is 51.5 Å². The molecule has 0 saturated heterocycles. The lowest BCUT2D eigenvalue weighted by atomic mass is 9.94. The van der Waals surface area contributed by atoms with Gasteiger partial charge in [0.1, 0.15) is 5.56 Å². The number of sulfone groups is 1. The molecule has 0 saturated carbocycles. The quantitative estimate of drug-likeness (QED) is 0.479. The number of fused-ring (bicyclic) bond motifs is 1. The molecule has 158 valence electrons. The second-order valence-electron chi connectivity index (χ2n) is 6.99. The summed E-state index contributed by atoms with van der Waals surface area (Å²) in [5.41, 5.74) is 1.58. The molecule has 2 aromatic rings. The number of aryl methyl sites for hydroxylation is 1. The molecule has 8 nitrogen and oxygen atoms in total. The number of carbonyl (C=O) groups is 1. The Hall–Kier alpha value is -2.20. The molecule has 29 heavy (non-hydrogen) atoms. The van der Waals surface area contributed by atoms with E-state index in [-0.39, 0.29) is 27.8 Å². The predicted octanol–water partition coefficient (Wildman–Crippen LogP) is 2.28. The van der Waals surface area contributed by atoms with Crippen molar-refractivity contribution >= 4 is 25.7 Å². The van der Waals surface area contributed by atoms with Crippen LogP contribution in [-0.2, 0) is 32.9 Å². The molecule has 0 radical (unpaired) electrons. The average Bonchev–Trinajstić information content (AvgIpc) is 3.03. The molecule has 2 heterocycles. The zero-order chi connectivity index (χ0) is 21.4. The van der Waals surface area contributed by atoms with E-state index in [1.165, 1.54) is 23.0 Å². The lowest BCUT2D eigenvalue weighted by Crippen LogP contribution is -2.20. The van der Waals surface area contributed by atoms with Crippen LogP contribution in [-0.4, -0.2) is 43.9 Å². The molecule has 0 aliphatic carbocycles. The normalized spacial score (nSPS) is 15.7. The Morgan fingerprint density at radius 3 is 2.62 bits per heavy atom. The van der Waals surface area contributed by atoms with Crippen molar-refractivity contribution in [3.8, 4) is 5.88 Å². The van der Waals surface area contributed by atoms with Crippen molar-refractivity contribution in [2.24, 2.45) is 0 Å². The van der Waals surface area contributed by atoms with Gasteiger partial charge in [0.15, 0.2) is 15.6 Å². The van der Waals surface area contributed by atoms with Crippen LogP contribution in [0.5, 0.6) is 5.88 Å². The minimum absolute atomic E-state index is 0.0354. The summed E-state index contributed by atoms with van der Waals surface area (Å²) in [7, 11) is -7.20. The van der Waals surface area contributed by atoms with Crippen LogP contribution in [0.4, 0.5) is 0 Å². The average molecular weight is 441 g/mol. The van der Waals surface area contributed by atoms with E-state index in [9.17, 15) is 21.6 Å². The van der Waals surface area contributed by atoms with Gasteiger partial charge in [0.05, 0.1) is 22.6 Å². The number of rotatable bonds is 7. The smallest absolute Gasteiger partial charge is 0.310 e. The molecular formula is C19H24N2O6S2. The number of nitrogens with zero attached hydrogens (tertiary/aromatic N) is 2. The third-order valence-electron chi connectivity index (χ3n) is 4.97. The lowest BCUT2D eigenvalue weighted by molar-refractivity contribution is 0.103. The summed E-state index contributed by atoms with van der Waals surface area (Å²) in [4.78, 5) is 13.5. The van der Waals surface area contributed by atoms with Gasteiger partial charge in [-0.15, -0.1) is 0 Å². The Bertz CT molecular complexity index is 1160. The summed E-state index contributed by atoms with van der Waals surface area (Å²) < 4.78 is 55.5. The maximum Gasteiger partial charge on any atom is 0.310 e. The molecule has 3 rings (SSSR count). The summed E-state index contributed by atoms with van der Waals surface area (Å²) >= 11 is 0. The van der Waals surface area contributed by atoms with Crippen molar-refractivity contribution in [3.05, 3.63) is 40.6 Å². The van der Waals surface area contributed by atoms with Crippen LogP contribution in [0.25, 0.3) is 0 Å². The highest BCUT2D eigenvalue weighted by Gasteiger charge is 2.29. The van der Waals surface area contributed by atoms with Crippen molar-refractivity contribution < 1.29 is 25.8 Å². The molecule has 1 aliphatic rings. The summed E-state index contributed by atoms with van der Waals surface area (Å²) in [5, 5.41) is 4.08. The minimum atomic E-state index is -3.86. The number of aromatic nitrogens is 2. The molecule has 10 heteroatoms. The van der Waals surface area contributed by atoms with Gasteiger partial charge in [0.2, 0.25) is 5.88 Å². The Morgan fingerprint density at radius 1 is 1.24 bits per heavy atom. The first kappa shape index (κ1) is 21.5. The summed E-state index contributed by atoms with van der Waals surface area (Å²) in [6.45, 7) is 5.52. The first-order valence-corrected chi connectivity index (χ1v) is 12.7. The van der Waals surface area contributed by atoms with Crippen LogP contribution < -0.4 is 4.18 Å². The van der Waals surface area contributed by atoms with Gasteiger partial charge >= 0.3 is 10.1 Å². The van der Waals surface area contributed by atoms with Crippen LogP contribution in [0.1, 0.15) is 53.7 Å². The number of ketones is 1. The fourth-order valence-corrected chi connectivity index (χ4v) is 6.18. The second kappa shape index (κ2) is 7.91. The molecule has 0 fully saturated rings. The second-order valence-corrected chi connectivity index (χ2v) is 10.8. The van der Waals surface area contributed by atoms with Crippen LogP contribution in [0.3, 0.4) is 0 Å². The Balaban J connectivity index is 2.08. The molecule has 1 aromatic heterocycles. The third-order valence-corrected chi connectivity index (χ3v) is 8.17. The zero-order valence-corrected chi connectivity index (χ0v) is 18.3. The van der Waals surface area contributed by atoms with E-state index in [2.05, 4.69) is 5.10 Å². The first-order valence-electron chi connectivity index (χ1n) is 9.49.